The van der Waals surface area contributed by atoms with Crippen molar-refractivity contribution in [2.24, 2.45) is 0 Å². The van der Waals surface area contributed by atoms with Gasteiger partial charge in [0.1, 0.15) is 11.4 Å². The van der Waals surface area contributed by atoms with Crippen LogP contribution in [-0.2, 0) is 9.59 Å². The highest BCUT2D eigenvalue weighted by atomic mass is 16.2. The second kappa shape index (κ2) is 16.4. The Morgan fingerprint density at radius 1 is 0.478 bits per heavy atom. The van der Waals surface area contributed by atoms with Gasteiger partial charge in [-0.15, -0.1) is 0 Å². The molecule has 5 rings (SSSR count). The summed E-state index contributed by atoms with van der Waals surface area (Å²) in [6, 6.07) is 25.0. The van der Waals surface area contributed by atoms with Gasteiger partial charge in [0, 0.05) is 23.2 Å². The molecule has 3 aromatic carbocycles. The first-order valence-electron chi connectivity index (χ1n) is 16.3. The maximum atomic E-state index is 13.4. The van der Waals surface area contributed by atoms with E-state index in [4.69, 9.17) is 0 Å². The molecule has 0 saturated heterocycles. The highest BCUT2D eigenvalue weighted by Crippen LogP contribution is 2.20. The highest BCUT2D eigenvalue weighted by Gasteiger charge is 2.22. The summed E-state index contributed by atoms with van der Waals surface area (Å²) >= 11 is 0. The number of hydrogen-bond donors (Lipinski definition) is 4. The van der Waals surface area contributed by atoms with E-state index in [0.717, 1.165) is 51.4 Å². The van der Waals surface area contributed by atoms with Gasteiger partial charge in [-0.3, -0.25) is 19.2 Å². The van der Waals surface area contributed by atoms with Crippen LogP contribution in [-0.4, -0.2) is 35.7 Å². The van der Waals surface area contributed by atoms with Crippen molar-refractivity contribution in [1.82, 2.24) is 21.3 Å². The summed E-state index contributed by atoms with van der Waals surface area (Å²) in [4.78, 5) is 52.7. The van der Waals surface area contributed by atoms with E-state index in [1.54, 1.807) is 60.7 Å². The number of hydrogen-bond acceptors (Lipinski definition) is 4. The van der Waals surface area contributed by atoms with E-state index >= 15 is 0 Å². The summed E-state index contributed by atoms with van der Waals surface area (Å²) in [5.41, 5.74) is 2.62. The number of carbonyl (C=O) groups excluding carboxylic acids is 4. The van der Waals surface area contributed by atoms with Gasteiger partial charge in [-0.25, -0.2) is 0 Å². The minimum atomic E-state index is -0.368. The van der Waals surface area contributed by atoms with E-state index in [-0.39, 0.29) is 47.1 Å². The minimum absolute atomic E-state index is 0.0788. The van der Waals surface area contributed by atoms with Gasteiger partial charge in [-0.1, -0.05) is 99.2 Å². The van der Waals surface area contributed by atoms with Gasteiger partial charge in [0.15, 0.2) is 0 Å². The SMILES string of the molecule is O=C(NC1CCCCC1)/C(=C/c1ccc(/C=C(\NC(=O)c2ccccc2)C(=O)NC2CCCCC2)cc1)NC(=O)c1ccccc1. The number of carbonyl (C=O) groups is 4. The zero-order valence-corrected chi connectivity index (χ0v) is 26.1. The van der Waals surface area contributed by atoms with Crippen LogP contribution in [0.15, 0.2) is 96.3 Å². The Hall–Kier alpha value is -4.98. The monoisotopic (exact) mass is 618 g/mol. The van der Waals surface area contributed by atoms with Crippen LogP contribution in [0.25, 0.3) is 12.2 Å². The molecule has 8 heteroatoms. The van der Waals surface area contributed by atoms with Crippen LogP contribution in [0, 0.1) is 0 Å². The molecule has 0 unspecified atom stereocenters. The molecule has 0 bridgehead atoms. The van der Waals surface area contributed by atoms with Crippen LogP contribution in [0.4, 0.5) is 0 Å². The molecule has 0 spiro atoms. The summed E-state index contributed by atoms with van der Waals surface area (Å²) in [6.45, 7) is 0. The molecule has 2 aliphatic carbocycles. The molecular formula is C38H42N4O4. The third-order valence-corrected chi connectivity index (χ3v) is 8.50. The van der Waals surface area contributed by atoms with Crippen LogP contribution < -0.4 is 21.3 Å². The molecule has 238 valence electrons. The summed E-state index contributed by atoms with van der Waals surface area (Å²) in [6.07, 6.45) is 13.6. The molecule has 0 heterocycles. The molecule has 8 nitrogen and oxygen atoms in total. The van der Waals surface area contributed by atoms with Crippen molar-refractivity contribution in [3.05, 3.63) is 119 Å². The predicted octanol–water partition coefficient (Wildman–Crippen LogP) is 6.13. The Labute approximate surface area is 270 Å². The molecule has 3 aromatic rings. The molecule has 2 aliphatic rings. The molecule has 2 saturated carbocycles. The van der Waals surface area contributed by atoms with Gasteiger partial charge < -0.3 is 21.3 Å². The third kappa shape index (κ3) is 9.51. The Morgan fingerprint density at radius 2 is 0.826 bits per heavy atom. The van der Waals surface area contributed by atoms with E-state index in [2.05, 4.69) is 21.3 Å². The number of benzene rings is 3. The summed E-state index contributed by atoms with van der Waals surface area (Å²) < 4.78 is 0. The van der Waals surface area contributed by atoms with Gasteiger partial charge in [-0.2, -0.15) is 0 Å². The van der Waals surface area contributed by atoms with Crippen molar-refractivity contribution < 1.29 is 19.2 Å². The van der Waals surface area contributed by atoms with Gasteiger partial charge in [0.25, 0.3) is 23.6 Å². The molecule has 4 N–H and O–H groups in total. The standard InChI is InChI=1S/C38H42N4O4/c43-35(29-13-5-1-6-14-29)41-33(37(45)39-31-17-9-3-10-18-31)25-27-21-23-28(24-22-27)26-34(38(46)40-32-19-11-4-12-20-32)42-36(44)30-15-7-2-8-16-30/h1-2,5-8,13-16,21-26,31-32H,3-4,9-12,17-20H2,(H,39,45)(H,40,46)(H,41,43)(H,42,44)/b33-25-,34-26-. The van der Waals surface area contributed by atoms with Gasteiger partial charge in [-0.05, 0) is 73.2 Å². The van der Waals surface area contributed by atoms with Crippen molar-refractivity contribution in [2.75, 3.05) is 0 Å². The van der Waals surface area contributed by atoms with Crippen molar-refractivity contribution in [2.45, 2.75) is 76.3 Å². The van der Waals surface area contributed by atoms with Crippen molar-refractivity contribution in [3.8, 4) is 0 Å². The van der Waals surface area contributed by atoms with Crippen LogP contribution in [0.2, 0.25) is 0 Å². The second-order valence-electron chi connectivity index (χ2n) is 12.0. The Morgan fingerprint density at radius 3 is 1.17 bits per heavy atom. The number of rotatable bonds is 10. The van der Waals surface area contributed by atoms with Crippen LogP contribution in [0.1, 0.15) is 96.1 Å². The molecular weight excluding hydrogens is 576 g/mol. The first kappa shape index (κ1) is 32.4. The Bertz CT molecular complexity index is 1430. The molecule has 46 heavy (non-hydrogen) atoms. The Kier molecular flexibility index (Phi) is 11.5. The maximum absolute atomic E-state index is 13.4. The molecule has 0 aliphatic heterocycles. The second-order valence-corrected chi connectivity index (χ2v) is 12.0. The van der Waals surface area contributed by atoms with Crippen LogP contribution in [0.3, 0.4) is 0 Å². The van der Waals surface area contributed by atoms with Crippen molar-refractivity contribution in [1.29, 1.82) is 0 Å². The quantitative estimate of drug-likeness (QED) is 0.205. The Balaban J connectivity index is 1.37. The fraction of sp³-hybridized carbons (Fsp3) is 0.316. The largest absolute Gasteiger partial charge is 0.348 e. The average molecular weight is 619 g/mol. The predicted molar refractivity (Wildman–Crippen MR) is 180 cm³/mol. The summed E-state index contributed by atoms with van der Waals surface area (Å²) in [7, 11) is 0. The van der Waals surface area contributed by atoms with E-state index in [1.165, 1.54) is 12.8 Å². The van der Waals surface area contributed by atoms with Gasteiger partial charge in [0.05, 0.1) is 0 Å². The van der Waals surface area contributed by atoms with Crippen molar-refractivity contribution in [3.63, 3.8) is 0 Å². The van der Waals surface area contributed by atoms with Crippen molar-refractivity contribution >= 4 is 35.8 Å². The molecule has 0 atom stereocenters. The van der Waals surface area contributed by atoms with E-state index in [9.17, 15) is 19.2 Å². The molecule has 4 amide bonds. The third-order valence-electron chi connectivity index (χ3n) is 8.50. The molecule has 0 radical (unpaired) electrons. The van der Waals surface area contributed by atoms with Gasteiger partial charge >= 0.3 is 0 Å². The fourth-order valence-electron chi connectivity index (χ4n) is 5.93. The number of amides is 4. The van der Waals surface area contributed by atoms with Crippen LogP contribution >= 0.6 is 0 Å². The smallest absolute Gasteiger partial charge is 0.268 e. The van der Waals surface area contributed by atoms with E-state index in [1.807, 2.05) is 36.4 Å². The minimum Gasteiger partial charge on any atom is -0.348 e. The first-order valence-corrected chi connectivity index (χ1v) is 16.3. The van der Waals surface area contributed by atoms with Gasteiger partial charge in [0.2, 0.25) is 0 Å². The normalized spacial score (nSPS) is 16.3. The average Bonchev–Trinajstić information content (AvgIpc) is 3.10. The lowest BCUT2D eigenvalue weighted by Gasteiger charge is -2.23. The zero-order chi connectivity index (χ0) is 32.1. The lowest BCUT2D eigenvalue weighted by molar-refractivity contribution is -0.119. The zero-order valence-electron chi connectivity index (χ0n) is 26.1. The maximum Gasteiger partial charge on any atom is 0.268 e. The number of nitrogens with one attached hydrogen (secondary N) is 4. The fourth-order valence-corrected chi connectivity index (χ4v) is 5.93. The van der Waals surface area contributed by atoms with E-state index < -0.39 is 0 Å². The molecule has 2 fully saturated rings. The molecule has 0 aromatic heterocycles. The highest BCUT2D eigenvalue weighted by molar-refractivity contribution is 6.06. The van der Waals surface area contributed by atoms with Crippen LogP contribution in [0.5, 0.6) is 0 Å². The lowest BCUT2D eigenvalue weighted by atomic mass is 9.95. The lowest BCUT2D eigenvalue weighted by Crippen LogP contribution is -2.41. The summed E-state index contributed by atoms with van der Waals surface area (Å²) in [5.74, 6) is -1.39. The summed E-state index contributed by atoms with van der Waals surface area (Å²) in [5, 5.41) is 11.8. The topological polar surface area (TPSA) is 116 Å². The first-order chi connectivity index (χ1) is 22.4. The van der Waals surface area contributed by atoms with E-state index in [0.29, 0.717) is 22.3 Å².